The number of nitrogens with zero attached hydrogens (tertiary/aromatic N) is 1. The standard InChI is InChI=1S/C18H25N3O2/c1-5-13(21-17(22)23-18(2,3)4)12-20-16-10-11-19-15-9-7-6-8-14(15)16/h6-11,13H,5,12H2,1-4H3,(H,19,20)(H,21,22). The van der Waals surface area contributed by atoms with E-state index in [0.29, 0.717) is 6.54 Å². The van der Waals surface area contributed by atoms with Crippen LogP contribution in [0.2, 0.25) is 0 Å². The zero-order valence-corrected chi connectivity index (χ0v) is 14.2. The molecule has 0 bridgehead atoms. The zero-order chi connectivity index (χ0) is 16.9. The van der Waals surface area contributed by atoms with Crippen LogP contribution in [0, 0.1) is 0 Å². The molecule has 124 valence electrons. The Balaban J connectivity index is 1.98. The second-order valence-corrected chi connectivity index (χ2v) is 6.51. The SMILES string of the molecule is CCC(CNc1ccnc2ccccc12)NC(=O)OC(C)(C)C. The van der Waals surface area contributed by atoms with E-state index in [1.807, 2.05) is 58.0 Å². The van der Waals surface area contributed by atoms with Crippen molar-refractivity contribution in [3.8, 4) is 0 Å². The smallest absolute Gasteiger partial charge is 0.407 e. The van der Waals surface area contributed by atoms with Gasteiger partial charge in [0, 0.05) is 29.9 Å². The van der Waals surface area contributed by atoms with Crippen molar-refractivity contribution in [1.82, 2.24) is 10.3 Å². The number of ether oxygens (including phenoxy) is 1. The third kappa shape index (κ3) is 5.13. The number of fused-ring (bicyclic) bond motifs is 1. The maximum atomic E-state index is 11.9. The van der Waals surface area contributed by atoms with E-state index in [4.69, 9.17) is 4.74 Å². The minimum Gasteiger partial charge on any atom is -0.444 e. The summed E-state index contributed by atoms with van der Waals surface area (Å²) < 4.78 is 5.30. The Bertz CT molecular complexity index is 659. The van der Waals surface area contributed by atoms with Crippen LogP contribution in [-0.4, -0.2) is 29.3 Å². The molecular formula is C18H25N3O2. The Kier molecular flexibility index (Phi) is 5.42. The van der Waals surface area contributed by atoms with Gasteiger partial charge in [0.2, 0.25) is 0 Å². The van der Waals surface area contributed by atoms with Crippen molar-refractivity contribution in [1.29, 1.82) is 0 Å². The van der Waals surface area contributed by atoms with E-state index >= 15 is 0 Å². The van der Waals surface area contributed by atoms with E-state index in [1.54, 1.807) is 6.20 Å². The average molecular weight is 315 g/mol. The van der Waals surface area contributed by atoms with Crippen molar-refractivity contribution >= 4 is 22.7 Å². The third-order valence-electron chi connectivity index (χ3n) is 3.40. The largest absolute Gasteiger partial charge is 0.444 e. The molecule has 1 heterocycles. The molecular weight excluding hydrogens is 290 g/mol. The molecule has 0 saturated heterocycles. The van der Waals surface area contributed by atoms with Crippen LogP contribution in [0.15, 0.2) is 36.5 Å². The van der Waals surface area contributed by atoms with Crippen molar-refractivity contribution in [2.24, 2.45) is 0 Å². The molecule has 0 saturated carbocycles. The lowest BCUT2D eigenvalue weighted by atomic mass is 10.1. The van der Waals surface area contributed by atoms with Crippen molar-refractivity contribution in [2.45, 2.75) is 45.8 Å². The first kappa shape index (κ1) is 17.1. The predicted molar refractivity (Wildman–Crippen MR) is 93.7 cm³/mol. The molecule has 2 rings (SSSR count). The van der Waals surface area contributed by atoms with Crippen molar-refractivity contribution in [2.75, 3.05) is 11.9 Å². The van der Waals surface area contributed by atoms with Gasteiger partial charge in [-0.3, -0.25) is 4.98 Å². The molecule has 5 heteroatoms. The number of aromatic nitrogens is 1. The highest BCUT2D eigenvalue weighted by Crippen LogP contribution is 2.20. The lowest BCUT2D eigenvalue weighted by molar-refractivity contribution is 0.0506. The molecule has 1 unspecified atom stereocenters. The molecule has 2 N–H and O–H groups in total. The average Bonchev–Trinajstić information content (AvgIpc) is 2.49. The summed E-state index contributed by atoms with van der Waals surface area (Å²) in [6.07, 6.45) is 2.22. The van der Waals surface area contributed by atoms with Crippen LogP contribution in [-0.2, 0) is 4.74 Å². The van der Waals surface area contributed by atoms with Crippen LogP contribution in [0.3, 0.4) is 0 Å². The molecule has 1 atom stereocenters. The summed E-state index contributed by atoms with van der Waals surface area (Å²) in [7, 11) is 0. The van der Waals surface area contributed by atoms with Gasteiger partial charge >= 0.3 is 6.09 Å². The zero-order valence-electron chi connectivity index (χ0n) is 14.2. The summed E-state index contributed by atoms with van der Waals surface area (Å²) in [6.45, 7) is 8.23. The molecule has 1 aromatic heterocycles. The number of alkyl carbamates (subject to hydrolysis) is 1. The maximum Gasteiger partial charge on any atom is 0.407 e. The number of amides is 1. The van der Waals surface area contributed by atoms with Crippen LogP contribution in [0.5, 0.6) is 0 Å². The molecule has 0 aliphatic carbocycles. The van der Waals surface area contributed by atoms with Crippen LogP contribution >= 0.6 is 0 Å². The first-order valence-electron chi connectivity index (χ1n) is 7.96. The van der Waals surface area contributed by atoms with E-state index in [9.17, 15) is 4.79 Å². The lowest BCUT2D eigenvalue weighted by Crippen LogP contribution is -2.42. The summed E-state index contributed by atoms with van der Waals surface area (Å²) >= 11 is 0. The highest BCUT2D eigenvalue weighted by Gasteiger charge is 2.18. The number of rotatable bonds is 5. The highest BCUT2D eigenvalue weighted by molar-refractivity contribution is 5.90. The number of para-hydroxylation sites is 1. The van der Waals surface area contributed by atoms with Crippen molar-refractivity contribution < 1.29 is 9.53 Å². The Morgan fingerprint density at radius 3 is 2.70 bits per heavy atom. The molecule has 2 aromatic rings. The Morgan fingerprint density at radius 1 is 1.26 bits per heavy atom. The maximum absolute atomic E-state index is 11.9. The van der Waals surface area contributed by atoms with E-state index in [2.05, 4.69) is 15.6 Å². The van der Waals surface area contributed by atoms with Crippen LogP contribution in [0.25, 0.3) is 10.9 Å². The van der Waals surface area contributed by atoms with E-state index in [-0.39, 0.29) is 12.1 Å². The van der Waals surface area contributed by atoms with Gasteiger partial charge in [-0.25, -0.2) is 4.79 Å². The van der Waals surface area contributed by atoms with E-state index in [0.717, 1.165) is 23.0 Å². The molecule has 0 aliphatic rings. The fourth-order valence-electron chi connectivity index (χ4n) is 2.25. The molecule has 23 heavy (non-hydrogen) atoms. The number of carbonyl (C=O) groups excluding carboxylic acids is 1. The number of anilines is 1. The number of nitrogens with one attached hydrogen (secondary N) is 2. The molecule has 5 nitrogen and oxygen atoms in total. The minimum absolute atomic E-state index is 0.00298. The van der Waals surface area contributed by atoms with Gasteiger partial charge < -0.3 is 15.4 Å². The lowest BCUT2D eigenvalue weighted by Gasteiger charge is -2.23. The van der Waals surface area contributed by atoms with Gasteiger partial charge in [0.25, 0.3) is 0 Å². The second kappa shape index (κ2) is 7.31. The Morgan fingerprint density at radius 2 is 2.00 bits per heavy atom. The molecule has 1 aromatic carbocycles. The Labute approximate surface area is 137 Å². The van der Waals surface area contributed by atoms with Gasteiger partial charge in [-0.05, 0) is 39.3 Å². The summed E-state index contributed by atoms with van der Waals surface area (Å²) in [6, 6.07) is 9.92. The quantitative estimate of drug-likeness (QED) is 0.877. The molecule has 1 amide bonds. The number of benzene rings is 1. The van der Waals surface area contributed by atoms with Gasteiger partial charge in [0.15, 0.2) is 0 Å². The third-order valence-corrected chi connectivity index (χ3v) is 3.40. The number of hydrogen-bond donors (Lipinski definition) is 2. The topological polar surface area (TPSA) is 63.2 Å². The predicted octanol–water partition coefficient (Wildman–Crippen LogP) is 3.95. The molecule has 0 fully saturated rings. The first-order valence-corrected chi connectivity index (χ1v) is 7.96. The highest BCUT2D eigenvalue weighted by atomic mass is 16.6. The summed E-state index contributed by atoms with van der Waals surface area (Å²) in [5.41, 5.74) is 1.47. The second-order valence-electron chi connectivity index (χ2n) is 6.51. The molecule has 0 radical (unpaired) electrons. The normalized spacial score (nSPS) is 12.7. The van der Waals surface area contributed by atoms with Crippen LogP contribution < -0.4 is 10.6 Å². The number of pyridine rings is 1. The van der Waals surface area contributed by atoms with E-state index < -0.39 is 5.60 Å². The molecule has 0 spiro atoms. The Hall–Kier alpha value is -2.30. The fraction of sp³-hybridized carbons (Fsp3) is 0.444. The van der Waals surface area contributed by atoms with Gasteiger partial charge in [-0.15, -0.1) is 0 Å². The minimum atomic E-state index is -0.489. The van der Waals surface area contributed by atoms with E-state index in [1.165, 1.54) is 0 Å². The first-order chi connectivity index (χ1) is 10.9. The fourth-order valence-corrected chi connectivity index (χ4v) is 2.25. The van der Waals surface area contributed by atoms with Gasteiger partial charge in [-0.1, -0.05) is 25.1 Å². The van der Waals surface area contributed by atoms with Gasteiger partial charge in [-0.2, -0.15) is 0 Å². The summed E-state index contributed by atoms with van der Waals surface area (Å²) in [5.74, 6) is 0. The number of carbonyl (C=O) groups is 1. The molecule has 0 aliphatic heterocycles. The van der Waals surface area contributed by atoms with Crippen LogP contribution in [0.4, 0.5) is 10.5 Å². The summed E-state index contributed by atoms with van der Waals surface area (Å²) in [5, 5.41) is 7.37. The van der Waals surface area contributed by atoms with Crippen molar-refractivity contribution in [3.63, 3.8) is 0 Å². The van der Waals surface area contributed by atoms with Gasteiger partial charge in [0.05, 0.1) is 5.52 Å². The number of hydrogen-bond acceptors (Lipinski definition) is 4. The van der Waals surface area contributed by atoms with Crippen molar-refractivity contribution in [3.05, 3.63) is 36.5 Å². The monoisotopic (exact) mass is 315 g/mol. The van der Waals surface area contributed by atoms with Gasteiger partial charge in [0.1, 0.15) is 5.60 Å². The van der Waals surface area contributed by atoms with Crippen LogP contribution in [0.1, 0.15) is 34.1 Å². The summed E-state index contributed by atoms with van der Waals surface area (Å²) in [4.78, 5) is 16.2.